The van der Waals surface area contributed by atoms with Crippen LogP contribution in [0.2, 0.25) is 15.1 Å². The molecular weight excluding hydrogens is 551 g/mol. The predicted molar refractivity (Wildman–Crippen MR) is 156 cm³/mol. The van der Waals surface area contributed by atoms with Crippen LogP contribution in [0, 0.1) is 0 Å². The Morgan fingerprint density at radius 3 is 2.27 bits per heavy atom. The molecule has 1 saturated heterocycles. The third-order valence-corrected chi connectivity index (χ3v) is 6.76. The predicted octanol–water partition coefficient (Wildman–Crippen LogP) is 6.14. The highest BCUT2D eigenvalue weighted by atomic mass is 35.5. The van der Waals surface area contributed by atoms with Gasteiger partial charge in [-0.1, -0.05) is 65.1 Å². The van der Waals surface area contributed by atoms with Crippen LogP contribution in [0.5, 0.6) is 0 Å². The first kappa shape index (κ1) is 26.9. The number of piperazine rings is 1. The van der Waals surface area contributed by atoms with E-state index in [-0.39, 0.29) is 21.6 Å². The number of hydrogen-bond donors (Lipinski definition) is 2. The third-order valence-electron chi connectivity index (χ3n) is 5.76. The minimum atomic E-state index is -0.482. The summed E-state index contributed by atoms with van der Waals surface area (Å²) >= 11 is 23.7. The Kier molecular flexibility index (Phi) is 9.05. The highest BCUT2D eigenvalue weighted by Gasteiger charge is 2.22. The van der Waals surface area contributed by atoms with Crippen LogP contribution in [0.25, 0.3) is 6.08 Å². The maximum atomic E-state index is 12.7. The lowest BCUT2D eigenvalue weighted by Gasteiger charge is -2.36. The summed E-state index contributed by atoms with van der Waals surface area (Å²) in [6.45, 7) is 2.37. The maximum Gasteiger partial charge on any atom is 0.258 e. The van der Waals surface area contributed by atoms with Crippen molar-refractivity contribution in [2.75, 3.05) is 36.4 Å². The lowest BCUT2D eigenvalue weighted by molar-refractivity contribution is -0.126. The van der Waals surface area contributed by atoms with Crippen molar-refractivity contribution in [2.45, 2.75) is 0 Å². The molecule has 0 spiro atoms. The summed E-state index contributed by atoms with van der Waals surface area (Å²) in [5.41, 5.74) is 2.69. The highest BCUT2D eigenvalue weighted by Crippen LogP contribution is 2.30. The van der Waals surface area contributed by atoms with E-state index in [1.54, 1.807) is 30.3 Å². The fourth-order valence-corrected chi connectivity index (χ4v) is 4.63. The first-order chi connectivity index (χ1) is 17.8. The largest absolute Gasteiger partial charge is 0.366 e. The number of amides is 2. The summed E-state index contributed by atoms with van der Waals surface area (Å²) in [5.74, 6) is -0.509. The molecule has 0 atom stereocenters. The third kappa shape index (κ3) is 7.23. The maximum absolute atomic E-state index is 12.7. The molecule has 2 N–H and O–H groups in total. The molecule has 3 aromatic carbocycles. The molecule has 1 fully saturated rings. The van der Waals surface area contributed by atoms with E-state index in [4.69, 9.17) is 47.0 Å². The number of nitrogens with one attached hydrogen (secondary N) is 2. The number of carbonyl (C=O) groups is 2. The van der Waals surface area contributed by atoms with E-state index >= 15 is 0 Å². The summed E-state index contributed by atoms with van der Waals surface area (Å²) in [6, 6.07) is 19.7. The SMILES string of the molecule is O=C(NC(=S)Nc1cc(Cl)ccc1N1CCN(C(=O)/C=C/c2ccccc2)CC1)c1cc(Cl)ccc1Cl. The fourth-order valence-electron chi connectivity index (χ4n) is 3.88. The minimum absolute atomic E-state index is 0.0264. The van der Waals surface area contributed by atoms with E-state index in [0.717, 1.165) is 11.3 Å². The second kappa shape index (κ2) is 12.4. The van der Waals surface area contributed by atoms with Crippen molar-refractivity contribution in [1.82, 2.24) is 10.2 Å². The molecule has 0 unspecified atom stereocenters. The van der Waals surface area contributed by atoms with Crippen LogP contribution in [-0.4, -0.2) is 48.0 Å². The standard InChI is InChI=1S/C27H23Cl3N4O2S/c28-19-7-9-22(30)21(16-19)26(36)32-27(37)31-23-17-20(29)8-10-24(23)33-12-14-34(15-13-33)25(35)11-6-18-4-2-1-3-5-18/h1-11,16-17H,12-15H2,(H2,31,32,36,37)/b11-6+. The smallest absolute Gasteiger partial charge is 0.258 e. The summed E-state index contributed by atoms with van der Waals surface area (Å²) < 4.78 is 0. The van der Waals surface area contributed by atoms with Gasteiger partial charge in [-0.25, -0.2) is 0 Å². The number of nitrogens with zero attached hydrogens (tertiary/aromatic N) is 2. The molecule has 190 valence electrons. The average Bonchev–Trinajstić information content (AvgIpc) is 2.89. The van der Waals surface area contributed by atoms with Gasteiger partial charge in [0.05, 0.1) is 22.0 Å². The molecule has 6 nitrogen and oxygen atoms in total. The van der Waals surface area contributed by atoms with E-state index < -0.39 is 5.91 Å². The summed E-state index contributed by atoms with van der Waals surface area (Å²) in [7, 11) is 0. The van der Waals surface area contributed by atoms with Crippen molar-refractivity contribution >= 4 is 81.4 Å². The van der Waals surface area contributed by atoms with Gasteiger partial charge in [-0.15, -0.1) is 0 Å². The van der Waals surface area contributed by atoms with Crippen molar-refractivity contribution in [2.24, 2.45) is 0 Å². The Hall–Kier alpha value is -3.10. The molecule has 1 aliphatic heterocycles. The van der Waals surface area contributed by atoms with Crippen LogP contribution in [0.1, 0.15) is 15.9 Å². The molecule has 37 heavy (non-hydrogen) atoms. The summed E-state index contributed by atoms with van der Waals surface area (Å²) in [4.78, 5) is 29.3. The first-order valence-electron chi connectivity index (χ1n) is 11.4. The van der Waals surface area contributed by atoms with Crippen molar-refractivity contribution in [3.05, 3.63) is 99.0 Å². The number of halogens is 3. The fraction of sp³-hybridized carbons (Fsp3) is 0.148. The average molecular weight is 574 g/mol. The van der Waals surface area contributed by atoms with Gasteiger partial charge in [-0.3, -0.25) is 14.9 Å². The van der Waals surface area contributed by atoms with Crippen molar-refractivity contribution < 1.29 is 9.59 Å². The molecule has 1 heterocycles. The summed E-state index contributed by atoms with van der Waals surface area (Å²) in [6.07, 6.45) is 3.43. The van der Waals surface area contributed by atoms with Crippen LogP contribution in [0.3, 0.4) is 0 Å². The quantitative estimate of drug-likeness (QED) is 0.284. The molecule has 3 aromatic rings. The van der Waals surface area contributed by atoms with Gasteiger partial charge in [0.1, 0.15) is 0 Å². The zero-order valence-electron chi connectivity index (χ0n) is 19.6. The molecule has 0 aliphatic carbocycles. The summed E-state index contributed by atoms with van der Waals surface area (Å²) in [5, 5.41) is 6.94. The van der Waals surface area contributed by atoms with E-state index in [1.807, 2.05) is 47.4 Å². The lowest BCUT2D eigenvalue weighted by atomic mass is 10.2. The Morgan fingerprint density at radius 1 is 0.865 bits per heavy atom. The second-order valence-corrected chi connectivity index (χ2v) is 9.94. The van der Waals surface area contributed by atoms with Gasteiger partial charge in [0, 0.05) is 42.3 Å². The highest BCUT2D eigenvalue weighted by molar-refractivity contribution is 7.80. The van der Waals surface area contributed by atoms with Gasteiger partial charge in [0.25, 0.3) is 5.91 Å². The molecule has 4 rings (SSSR count). The Bertz CT molecular complexity index is 1340. The van der Waals surface area contributed by atoms with E-state index in [2.05, 4.69) is 15.5 Å². The van der Waals surface area contributed by atoms with Gasteiger partial charge >= 0.3 is 0 Å². The number of anilines is 2. The molecule has 1 aliphatic rings. The van der Waals surface area contributed by atoms with E-state index in [1.165, 1.54) is 6.07 Å². The van der Waals surface area contributed by atoms with Gasteiger partial charge < -0.3 is 15.1 Å². The van der Waals surface area contributed by atoms with Crippen LogP contribution >= 0.6 is 47.0 Å². The lowest BCUT2D eigenvalue weighted by Crippen LogP contribution is -2.48. The number of thiocarbonyl (C=S) groups is 1. The Balaban J connectivity index is 1.39. The van der Waals surface area contributed by atoms with Gasteiger partial charge in [0.2, 0.25) is 5.91 Å². The van der Waals surface area contributed by atoms with Crippen molar-refractivity contribution in [1.29, 1.82) is 0 Å². The number of hydrogen-bond acceptors (Lipinski definition) is 4. The molecule has 0 bridgehead atoms. The number of carbonyl (C=O) groups excluding carboxylic acids is 2. The first-order valence-corrected chi connectivity index (χ1v) is 13.0. The van der Waals surface area contributed by atoms with Gasteiger partial charge in [0.15, 0.2) is 5.11 Å². The normalized spacial score (nSPS) is 13.5. The van der Waals surface area contributed by atoms with Gasteiger partial charge in [-0.05, 0) is 60.3 Å². The van der Waals surface area contributed by atoms with E-state index in [9.17, 15) is 9.59 Å². The van der Waals surface area contributed by atoms with Crippen LogP contribution < -0.4 is 15.5 Å². The topological polar surface area (TPSA) is 64.7 Å². The van der Waals surface area contributed by atoms with Crippen LogP contribution in [0.4, 0.5) is 11.4 Å². The zero-order chi connectivity index (χ0) is 26.4. The second-order valence-electron chi connectivity index (χ2n) is 8.25. The molecule has 0 aromatic heterocycles. The monoisotopic (exact) mass is 572 g/mol. The Morgan fingerprint density at radius 2 is 1.54 bits per heavy atom. The van der Waals surface area contributed by atoms with Crippen LogP contribution in [-0.2, 0) is 4.79 Å². The van der Waals surface area contributed by atoms with E-state index in [0.29, 0.717) is 41.9 Å². The number of benzene rings is 3. The molecule has 10 heteroatoms. The molecule has 0 saturated carbocycles. The molecule has 2 amide bonds. The molecule has 0 radical (unpaired) electrons. The minimum Gasteiger partial charge on any atom is -0.366 e. The molecular formula is C27H23Cl3N4O2S. The Labute approximate surface area is 235 Å². The zero-order valence-corrected chi connectivity index (χ0v) is 22.7. The van der Waals surface area contributed by atoms with Crippen molar-refractivity contribution in [3.63, 3.8) is 0 Å². The van der Waals surface area contributed by atoms with Crippen molar-refractivity contribution in [3.8, 4) is 0 Å². The van der Waals surface area contributed by atoms with Gasteiger partial charge in [-0.2, -0.15) is 0 Å². The van der Waals surface area contributed by atoms with Crippen LogP contribution in [0.15, 0.2) is 72.8 Å². The number of rotatable bonds is 5.